The summed E-state index contributed by atoms with van der Waals surface area (Å²) in [5, 5.41) is 3.59. The normalized spacial score (nSPS) is 16.6. The number of aromatic nitrogens is 2. The number of hydrogen-bond acceptors (Lipinski definition) is 3. The van der Waals surface area contributed by atoms with E-state index in [0.29, 0.717) is 5.92 Å². The first-order chi connectivity index (χ1) is 12.7. The Morgan fingerprint density at radius 1 is 1.04 bits per heavy atom. The van der Waals surface area contributed by atoms with Crippen molar-refractivity contribution in [2.45, 2.75) is 40.2 Å². The van der Waals surface area contributed by atoms with Crippen molar-refractivity contribution in [1.82, 2.24) is 14.5 Å². The van der Waals surface area contributed by atoms with Gasteiger partial charge in [0.1, 0.15) is 0 Å². The van der Waals surface area contributed by atoms with Gasteiger partial charge < -0.3 is 14.2 Å². The standard InChI is InChI=1S/C22H29N3O/c1-4-24-10-8-17(9-11-24)15-26-22-20-14-25(5-2)13-19(20)18-7-6-16(3)12-21(18)23-22/h6-7,12-14,17H,4-5,8-11,15H2,1-3H3. The fourth-order valence-corrected chi connectivity index (χ4v) is 3.98. The Morgan fingerprint density at radius 3 is 2.54 bits per heavy atom. The molecule has 1 aliphatic rings. The fourth-order valence-electron chi connectivity index (χ4n) is 3.98. The van der Waals surface area contributed by atoms with E-state index in [0.717, 1.165) is 36.5 Å². The Bertz CT molecular complexity index is 907. The van der Waals surface area contributed by atoms with Crippen molar-refractivity contribution >= 4 is 21.7 Å². The van der Waals surface area contributed by atoms with E-state index in [9.17, 15) is 0 Å². The summed E-state index contributed by atoms with van der Waals surface area (Å²) in [7, 11) is 0. The van der Waals surface area contributed by atoms with Crippen LogP contribution in [0.1, 0.15) is 32.3 Å². The second-order valence-electron chi connectivity index (χ2n) is 7.54. The lowest BCUT2D eigenvalue weighted by Gasteiger charge is -2.30. The second kappa shape index (κ2) is 7.28. The largest absolute Gasteiger partial charge is 0.477 e. The predicted octanol–water partition coefficient (Wildman–Crippen LogP) is 4.63. The number of rotatable bonds is 5. The Kier molecular flexibility index (Phi) is 4.86. The molecule has 1 aliphatic heterocycles. The molecule has 3 heterocycles. The van der Waals surface area contributed by atoms with Gasteiger partial charge in [-0.15, -0.1) is 0 Å². The number of aryl methyl sites for hydroxylation is 2. The third kappa shape index (κ3) is 3.30. The zero-order valence-electron chi connectivity index (χ0n) is 16.2. The maximum Gasteiger partial charge on any atom is 0.223 e. The molecule has 0 spiro atoms. The minimum Gasteiger partial charge on any atom is -0.477 e. The average molecular weight is 351 g/mol. The molecule has 3 aromatic rings. The highest BCUT2D eigenvalue weighted by molar-refractivity contribution is 6.07. The quantitative estimate of drug-likeness (QED) is 0.671. The molecule has 0 amide bonds. The van der Waals surface area contributed by atoms with Crippen LogP contribution < -0.4 is 4.74 Å². The summed E-state index contributed by atoms with van der Waals surface area (Å²) in [6.07, 6.45) is 6.84. The van der Waals surface area contributed by atoms with E-state index in [2.05, 4.69) is 60.8 Å². The van der Waals surface area contributed by atoms with Crippen LogP contribution in [0.4, 0.5) is 0 Å². The zero-order chi connectivity index (χ0) is 18.1. The van der Waals surface area contributed by atoms with Crippen molar-refractivity contribution in [3.05, 3.63) is 36.2 Å². The number of benzene rings is 1. The number of likely N-dealkylation sites (tertiary alicyclic amines) is 1. The number of piperidine rings is 1. The van der Waals surface area contributed by atoms with E-state index < -0.39 is 0 Å². The highest BCUT2D eigenvalue weighted by Gasteiger charge is 2.20. The molecule has 0 aliphatic carbocycles. The lowest BCUT2D eigenvalue weighted by Crippen LogP contribution is -2.35. The maximum absolute atomic E-state index is 6.29. The minimum atomic E-state index is 0.635. The Labute approximate surface area is 155 Å². The van der Waals surface area contributed by atoms with Crippen LogP contribution in [0.2, 0.25) is 0 Å². The van der Waals surface area contributed by atoms with Gasteiger partial charge in [0.25, 0.3) is 0 Å². The van der Waals surface area contributed by atoms with Gasteiger partial charge >= 0.3 is 0 Å². The number of fused-ring (bicyclic) bond motifs is 3. The minimum absolute atomic E-state index is 0.635. The lowest BCUT2D eigenvalue weighted by molar-refractivity contribution is 0.144. The molecular weight excluding hydrogens is 322 g/mol. The van der Waals surface area contributed by atoms with Crippen molar-refractivity contribution in [3.63, 3.8) is 0 Å². The summed E-state index contributed by atoms with van der Waals surface area (Å²) in [5.41, 5.74) is 2.26. The molecule has 0 bridgehead atoms. The van der Waals surface area contributed by atoms with Crippen molar-refractivity contribution in [2.75, 3.05) is 26.2 Å². The monoisotopic (exact) mass is 351 g/mol. The number of pyridine rings is 1. The van der Waals surface area contributed by atoms with Crippen LogP contribution in [0, 0.1) is 12.8 Å². The fraction of sp³-hybridized carbons (Fsp3) is 0.500. The molecule has 2 aromatic heterocycles. The van der Waals surface area contributed by atoms with Crippen LogP contribution in [-0.4, -0.2) is 40.7 Å². The Balaban J connectivity index is 1.63. The van der Waals surface area contributed by atoms with Crippen LogP contribution in [0.15, 0.2) is 30.6 Å². The molecular formula is C22H29N3O. The number of hydrogen-bond donors (Lipinski definition) is 0. The van der Waals surface area contributed by atoms with E-state index in [1.807, 2.05) is 0 Å². The molecule has 26 heavy (non-hydrogen) atoms. The Morgan fingerprint density at radius 2 is 1.81 bits per heavy atom. The van der Waals surface area contributed by atoms with Gasteiger partial charge in [0.15, 0.2) is 0 Å². The highest BCUT2D eigenvalue weighted by atomic mass is 16.5. The summed E-state index contributed by atoms with van der Waals surface area (Å²) in [4.78, 5) is 7.40. The van der Waals surface area contributed by atoms with Crippen molar-refractivity contribution in [2.24, 2.45) is 5.92 Å². The van der Waals surface area contributed by atoms with Crippen LogP contribution in [-0.2, 0) is 6.54 Å². The molecule has 0 N–H and O–H groups in total. The van der Waals surface area contributed by atoms with Gasteiger partial charge in [-0.25, -0.2) is 4.98 Å². The first-order valence-corrected chi connectivity index (χ1v) is 9.93. The highest BCUT2D eigenvalue weighted by Crippen LogP contribution is 2.32. The van der Waals surface area contributed by atoms with E-state index in [1.54, 1.807) is 0 Å². The zero-order valence-corrected chi connectivity index (χ0v) is 16.2. The first-order valence-electron chi connectivity index (χ1n) is 9.93. The molecule has 1 fully saturated rings. The van der Waals surface area contributed by atoms with Gasteiger partial charge in [-0.1, -0.05) is 19.1 Å². The summed E-state index contributed by atoms with van der Waals surface area (Å²) in [6.45, 7) is 11.8. The van der Waals surface area contributed by atoms with Gasteiger partial charge in [-0.2, -0.15) is 0 Å². The van der Waals surface area contributed by atoms with Gasteiger partial charge in [-0.3, -0.25) is 0 Å². The first kappa shape index (κ1) is 17.3. The molecule has 4 heteroatoms. The topological polar surface area (TPSA) is 30.3 Å². The molecule has 4 rings (SSSR count). The molecule has 138 valence electrons. The number of nitrogens with zero attached hydrogens (tertiary/aromatic N) is 3. The predicted molar refractivity (Wildman–Crippen MR) is 108 cm³/mol. The smallest absolute Gasteiger partial charge is 0.223 e. The van der Waals surface area contributed by atoms with Crippen LogP contribution >= 0.6 is 0 Å². The molecule has 0 unspecified atom stereocenters. The maximum atomic E-state index is 6.29. The van der Waals surface area contributed by atoms with Gasteiger partial charge in [0.2, 0.25) is 5.88 Å². The van der Waals surface area contributed by atoms with E-state index in [4.69, 9.17) is 9.72 Å². The second-order valence-corrected chi connectivity index (χ2v) is 7.54. The summed E-state index contributed by atoms with van der Waals surface area (Å²) < 4.78 is 8.51. The van der Waals surface area contributed by atoms with Crippen molar-refractivity contribution < 1.29 is 4.74 Å². The molecule has 1 saturated heterocycles. The molecule has 1 aromatic carbocycles. The van der Waals surface area contributed by atoms with E-state index in [1.165, 1.54) is 42.3 Å². The summed E-state index contributed by atoms with van der Waals surface area (Å²) >= 11 is 0. The summed E-state index contributed by atoms with van der Waals surface area (Å²) in [5.74, 6) is 1.43. The van der Waals surface area contributed by atoms with Gasteiger partial charge in [0, 0.05) is 29.7 Å². The molecule has 0 saturated carbocycles. The van der Waals surface area contributed by atoms with E-state index >= 15 is 0 Å². The van der Waals surface area contributed by atoms with Crippen LogP contribution in [0.5, 0.6) is 5.88 Å². The third-order valence-corrected chi connectivity index (χ3v) is 5.75. The SMILES string of the molecule is CCN1CCC(COc2nc3cc(C)ccc3c3cn(CC)cc23)CC1. The third-order valence-electron chi connectivity index (χ3n) is 5.75. The van der Waals surface area contributed by atoms with Crippen LogP contribution in [0.25, 0.3) is 21.7 Å². The molecule has 4 nitrogen and oxygen atoms in total. The van der Waals surface area contributed by atoms with Gasteiger partial charge in [-0.05, 0) is 63.9 Å². The van der Waals surface area contributed by atoms with Gasteiger partial charge in [0.05, 0.1) is 17.5 Å². The lowest BCUT2D eigenvalue weighted by atomic mass is 9.98. The van der Waals surface area contributed by atoms with E-state index in [-0.39, 0.29) is 0 Å². The molecule has 0 atom stereocenters. The van der Waals surface area contributed by atoms with Crippen LogP contribution in [0.3, 0.4) is 0 Å². The van der Waals surface area contributed by atoms with Crippen molar-refractivity contribution in [1.29, 1.82) is 0 Å². The van der Waals surface area contributed by atoms with Crippen molar-refractivity contribution in [3.8, 4) is 5.88 Å². The number of ether oxygens (including phenoxy) is 1. The Hall–Kier alpha value is -2.07. The average Bonchev–Trinajstić information content (AvgIpc) is 3.11. The molecule has 0 radical (unpaired) electrons. The summed E-state index contributed by atoms with van der Waals surface area (Å²) in [6, 6.07) is 6.50.